The number of hydrogen-bond donors (Lipinski definition) is 1. The second kappa shape index (κ2) is 5.97. The van der Waals surface area contributed by atoms with Crippen LogP contribution in [0.5, 0.6) is 17.5 Å². The molecule has 0 amide bonds. The summed E-state index contributed by atoms with van der Waals surface area (Å²) < 4.78 is 10.6. The Labute approximate surface area is 106 Å². The van der Waals surface area contributed by atoms with Crippen LogP contribution in [0.3, 0.4) is 0 Å². The molecule has 0 radical (unpaired) electrons. The molecule has 5 heteroatoms. The molecule has 0 fully saturated rings. The normalized spacial score (nSPS) is 10.1. The predicted molar refractivity (Wildman–Crippen MR) is 67.9 cm³/mol. The van der Waals surface area contributed by atoms with E-state index < -0.39 is 0 Å². The van der Waals surface area contributed by atoms with Crippen molar-refractivity contribution in [1.82, 2.24) is 15.3 Å². The average molecular weight is 245 g/mol. The van der Waals surface area contributed by atoms with Crippen LogP contribution >= 0.6 is 0 Å². The first-order chi connectivity index (χ1) is 8.81. The summed E-state index contributed by atoms with van der Waals surface area (Å²) in [6, 6.07) is 7.63. The molecule has 1 aromatic heterocycles. The van der Waals surface area contributed by atoms with Crippen LogP contribution in [0, 0.1) is 0 Å². The molecule has 0 saturated heterocycles. The molecule has 0 saturated carbocycles. The van der Waals surface area contributed by atoms with Crippen molar-refractivity contribution in [3.63, 3.8) is 0 Å². The highest BCUT2D eigenvalue weighted by Crippen LogP contribution is 2.22. The number of ether oxygens (including phenoxy) is 2. The van der Waals surface area contributed by atoms with E-state index in [9.17, 15) is 0 Å². The van der Waals surface area contributed by atoms with E-state index in [2.05, 4.69) is 15.3 Å². The van der Waals surface area contributed by atoms with Gasteiger partial charge in [0.05, 0.1) is 7.11 Å². The van der Waals surface area contributed by atoms with Gasteiger partial charge in [0.15, 0.2) is 0 Å². The summed E-state index contributed by atoms with van der Waals surface area (Å²) in [6.07, 6.45) is 3.47. The topological polar surface area (TPSA) is 56.3 Å². The number of hydrogen-bond acceptors (Lipinski definition) is 5. The molecule has 0 aliphatic carbocycles. The number of aromatic nitrogens is 2. The van der Waals surface area contributed by atoms with Crippen LogP contribution in [-0.2, 0) is 6.54 Å². The highest BCUT2D eigenvalue weighted by Gasteiger charge is 2.02. The molecule has 0 spiro atoms. The summed E-state index contributed by atoms with van der Waals surface area (Å²) in [5.74, 6) is 1.38. The SMILES string of the molecule is CNCc1cnc(Oc2cccc(OC)c2)nc1. The lowest BCUT2D eigenvalue weighted by atomic mass is 10.3. The minimum Gasteiger partial charge on any atom is -0.497 e. The second-order valence-corrected chi connectivity index (χ2v) is 3.69. The van der Waals surface area contributed by atoms with Gasteiger partial charge < -0.3 is 14.8 Å². The number of nitrogens with zero attached hydrogens (tertiary/aromatic N) is 2. The van der Waals surface area contributed by atoms with Crippen molar-refractivity contribution in [2.24, 2.45) is 0 Å². The first kappa shape index (κ1) is 12.3. The smallest absolute Gasteiger partial charge is 0.321 e. The zero-order valence-corrected chi connectivity index (χ0v) is 10.4. The number of nitrogens with one attached hydrogen (secondary N) is 1. The van der Waals surface area contributed by atoms with Crippen molar-refractivity contribution < 1.29 is 9.47 Å². The molecule has 5 nitrogen and oxygen atoms in total. The molecule has 18 heavy (non-hydrogen) atoms. The van der Waals surface area contributed by atoms with Gasteiger partial charge in [0.1, 0.15) is 11.5 Å². The van der Waals surface area contributed by atoms with Gasteiger partial charge in [0.2, 0.25) is 0 Å². The van der Waals surface area contributed by atoms with Gasteiger partial charge in [-0.3, -0.25) is 0 Å². The van der Waals surface area contributed by atoms with Crippen LogP contribution in [0.1, 0.15) is 5.56 Å². The molecule has 94 valence electrons. The van der Waals surface area contributed by atoms with Crippen LogP contribution in [0.25, 0.3) is 0 Å². The van der Waals surface area contributed by atoms with Crippen LogP contribution < -0.4 is 14.8 Å². The molecule has 1 heterocycles. The fourth-order valence-electron chi connectivity index (χ4n) is 1.46. The van der Waals surface area contributed by atoms with E-state index in [1.807, 2.05) is 25.2 Å². The molecular formula is C13H15N3O2. The first-order valence-corrected chi connectivity index (χ1v) is 5.59. The van der Waals surface area contributed by atoms with E-state index in [0.717, 1.165) is 17.9 Å². The maximum Gasteiger partial charge on any atom is 0.321 e. The Kier molecular flexibility index (Phi) is 4.09. The molecule has 2 rings (SSSR count). The van der Waals surface area contributed by atoms with Gasteiger partial charge in [-0.1, -0.05) is 6.07 Å². The molecule has 0 aliphatic rings. The highest BCUT2D eigenvalue weighted by atomic mass is 16.5. The summed E-state index contributed by atoms with van der Waals surface area (Å²) in [7, 11) is 3.49. The quantitative estimate of drug-likeness (QED) is 0.873. The number of rotatable bonds is 5. The molecule has 1 aromatic carbocycles. The molecule has 2 aromatic rings. The molecular weight excluding hydrogens is 230 g/mol. The Morgan fingerprint density at radius 2 is 1.89 bits per heavy atom. The van der Waals surface area contributed by atoms with E-state index in [4.69, 9.17) is 9.47 Å². The van der Waals surface area contributed by atoms with Gasteiger partial charge in [-0.05, 0) is 19.2 Å². The Bertz CT molecular complexity index is 500. The summed E-state index contributed by atoms with van der Waals surface area (Å²) >= 11 is 0. The van der Waals surface area contributed by atoms with Crippen molar-refractivity contribution >= 4 is 0 Å². The van der Waals surface area contributed by atoms with Gasteiger partial charge in [-0.2, -0.15) is 0 Å². The van der Waals surface area contributed by atoms with E-state index in [1.165, 1.54) is 0 Å². The Balaban J connectivity index is 2.08. The minimum atomic E-state index is 0.322. The lowest BCUT2D eigenvalue weighted by Gasteiger charge is -2.06. The summed E-state index contributed by atoms with van der Waals surface area (Å²) in [5.41, 5.74) is 1.01. The first-order valence-electron chi connectivity index (χ1n) is 5.59. The minimum absolute atomic E-state index is 0.322. The third-order valence-electron chi connectivity index (χ3n) is 2.31. The Hall–Kier alpha value is -2.14. The van der Waals surface area contributed by atoms with Gasteiger partial charge in [0.25, 0.3) is 0 Å². The van der Waals surface area contributed by atoms with Gasteiger partial charge >= 0.3 is 6.01 Å². The van der Waals surface area contributed by atoms with E-state index in [0.29, 0.717) is 11.8 Å². The monoisotopic (exact) mass is 245 g/mol. The van der Waals surface area contributed by atoms with Crippen LogP contribution in [-0.4, -0.2) is 24.1 Å². The number of benzene rings is 1. The average Bonchev–Trinajstić information content (AvgIpc) is 2.42. The van der Waals surface area contributed by atoms with Gasteiger partial charge in [-0.25, -0.2) is 9.97 Å². The van der Waals surface area contributed by atoms with E-state index in [-0.39, 0.29) is 0 Å². The highest BCUT2D eigenvalue weighted by molar-refractivity contribution is 5.34. The van der Waals surface area contributed by atoms with E-state index >= 15 is 0 Å². The van der Waals surface area contributed by atoms with Crippen LogP contribution in [0.4, 0.5) is 0 Å². The van der Waals surface area contributed by atoms with Crippen LogP contribution in [0.15, 0.2) is 36.7 Å². The summed E-state index contributed by atoms with van der Waals surface area (Å²) in [4.78, 5) is 8.27. The maximum atomic E-state index is 5.53. The third kappa shape index (κ3) is 3.18. The summed E-state index contributed by atoms with van der Waals surface area (Å²) in [5, 5.41) is 3.03. The van der Waals surface area contributed by atoms with Crippen molar-refractivity contribution in [3.8, 4) is 17.5 Å². The van der Waals surface area contributed by atoms with Crippen molar-refractivity contribution in [3.05, 3.63) is 42.2 Å². The van der Waals surface area contributed by atoms with E-state index in [1.54, 1.807) is 25.6 Å². The molecule has 0 bridgehead atoms. The Morgan fingerprint density at radius 3 is 2.56 bits per heavy atom. The van der Waals surface area contributed by atoms with Gasteiger partial charge in [-0.15, -0.1) is 0 Å². The molecule has 0 unspecified atom stereocenters. The molecule has 1 N–H and O–H groups in total. The standard InChI is InChI=1S/C13H15N3O2/c1-14-7-10-8-15-13(16-9-10)18-12-5-3-4-11(6-12)17-2/h3-6,8-9,14H,7H2,1-2H3. The number of methoxy groups -OCH3 is 1. The lowest BCUT2D eigenvalue weighted by Crippen LogP contribution is -2.06. The second-order valence-electron chi connectivity index (χ2n) is 3.69. The Morgan fingerprint density at radius 1 is 1.17 bits per heavy atom. The predicted octanol–water partition coefficient (Wildman–Crippen LogP) is 2.00. The molecule has 0 aliphatic heterocycles. The lowest BCUT2D eigenvalue weighted by molar-refractivity contribution is 0.404. The largest absolute Gasteiger partial charge is 0.497 e. The zero-order chi connectivity index (χ0) is 12.8. The van der Waals surface area contributed by atoms with Crippen molar-refractivity contribution in [1.29, 1.82) is 0 Å². The fraction of sp³-hybridized carbons (Fsp3) is 0.231. The zero-order valence-electron chi connectivity index (χ0n) is 10.4. The van der Waals surface area contributed by atoms with Crippen molar-refractivity contribution in [2.45, 2.75) is 6.54 Å². The van der Waals surface area contributed by atoms with Crippen molar-refractivity contribution in [2.75, 3.05) is 14.2 Å². The molecule has 0 atom stereocenters. The van der Waals surface area contributed by atoms with Crippen LogP contribution in [0.2, 0.25) is 0 Å². The maximum absolute atomic E-state index is 5.53. The van der Waals surface area contributed by atoms with Gasteiger partial charge in [0, 0.05) is 30.6 Å². The fourth-order valence-corrected chi connectivity index (χ4v) is 1.46. The third-order valence-corrected chi connectivity index (χ3v) is 2.31. The summed E-state index contributed by atoms with van der Waals surface area (Å²) in [6.45, 7) is 0.736.